The molecule has 5 N–H and O–H groups in total. The molecule has 0 spiro atoms. The predicted octanol–water partition coefficient (Wildman–Crippen LogP) is -1.42. The summed E-state index contributed by atoms with van der Waals surface area (Å²) >= 11 is 0. The molecule has 1 amide bonds. The van der Waals surface area contributed by atoms with E-state index in [1.165, 1.54) is 0 Å². The van der Waals surface area contributed by atoms with Crippen molar-refractivity contribution in [2.24, 2.45) is 5.73 Å². The van der Waals surface area contributed by atoms with Crippen LogP contribution in [-0.2, 0) is 4.79 Å². The monoisotopic (exact) mass is 190 g/mol. The number of carbonyl (C=O) groups is 1. The number of hydrogen-bond donors (Lipinski definition) is 4. The lowest BCUT2D eigenvalue weighted by Crippen LogP contribution is -2.52. The Kier molecular flexibility index (Phi) is 4.90. The summed E-state index contributed by atoms with van der Waals surface area (Å²) in [6.45, 7) is 3.09. The highest BCUT2D eigenvalue weighted by atomic mass is 16.3. The smallest absolute Gasteiger partial charge is 0.239 e. The molecular weight excluding hydrogens is 172 g/mol. The van der Waals surface area contributed by atoms with Gasteiger partial charge in [0.25, 0.3) is 0 Å². The zero-order valence-corrected chi connectivity index (χ0v) is 8.08. The van der Waals surface area contributed by atoms with Crippen molar-refractivity contribution in [2.45, 2.75) is 31.9 Å². The number of nitrogens with two attached hydrogens (primary N) is 1. The minimum Gasteiger partial charge on any atom is -0.394 e. The largest absolute Gasteiger partial charge is 0.394 e. The van der Waals surface area contributed by atoms with Crippen LogP contribution in [0.5, 0.6) is 0 Å². The van der Waals surface area contributed by atoms with E-state index >= 15 is 0 Å². The Morgan fingerprint density at radius 2 is 2.23 bits per heavy atom. The third kappa shape index (κ3) is 4.21. The number of hydrogen-bond acceptors (Lipinski definition) is 4. The first kappa shape index (κ1) is 12.3. The summed E-state index contributed by atoms with van der Waals surface area (Å²) in [4.78, 5) is 11.3. The predicted molar refractivity (Wildman–Crippen MR) is 49.0 cm³/mol. The van der Waals surface area contributed by atoms with Gasteiger partial charge in [0.2, 0.25) is 5.91 Å². The molecule has 0 aromatic rings. The molecule has 0 saturated carbocycles. The van der Waals surface area contributed by atoms with Crippen LogP contribution in [0, 0.1) is 0 Å². The molecular formula is C8H18N2O3. The third-order valence-corrected chi connectivity index (χ3v) is 1.96. The molecule has 2 unspecified atom stereocenters. The topological polar surface area (TPSA) is 95.6 Å². The van der Waals surface area contributed by atoms with Gasteiger partial charge in [0, 0.05) is 6.54 Å². The Bertz CT molecular complexity index is 171. The minimum absolute atomic E-state index is 0.0299. The van der Waals surface area contributed by atoms with E-state index in [-0.39, 0.29) is 19.1 Å². The SMILES string of the molecule is CCC(C)(N)C(=O)NCC(O)CO. The van der Waals surface area contributed by atoms with Crippen molar-refractivity contribution in [3.05, 3.63) is 0 Å². The van der Waals surface area contributed by atoms with Crippen LogP contribution in [0.25, 0.3) is 0 Å². The molecule has 0 aromatic heterocycles. The second kappa shape index (κ2) is 5.16. The van der Waals surface area contributed by atoms with Crippen molar-refractivity contribution in [3.8, 4) is 0 Å². The number of nitrogens with one attached hydrogen (secondary N) is 1. The summed E-state index contributed by atoms with van der Waals surface area (Å²) in [7, 11) is 0. The van der Waals surface area contributed by atoms with Gasteiger partial charge in [0.05, 0.1) is 18.2 Å². The van der Waals surface area contributed by atoms with E-state index in [9.17, 15) is 4.79 Å². The summed E-state index contributed by atoms with van der Waals surface area (Å²) in [6.07, 6.45) is -0.398. The van der Waals surface area contributed by atoms with Crippen LogP contribution < -0.4 is 11.1 Å². The fraction of sp³-hybridized carbons (Fsp3) is 0.875. The lowest BCUT2D eigenvalue weighted by molar-refractivity contribution is -0.126. The van der Waals surface area contributed by atoms with Crippen molar-refractivity contribution in [2.75, 3.05) is 13.2 Å². The molecule has 0 radical (unpaired) electrons. The van der Waals surface area contributed by atoms with Crippen molar-refractivity contribution >= 4 is 5.91 Å². The number of carbonyl (C=O) groups excluding carboxylic acids is 1. The molecule has 0 aliphatic heterocycles. The first-order valence-electron chi connectivity index (χ1n) is 4.30. The lowest BCUT2D eigenvalue weighted by atomic mass is 9.99. The van der Waals surface area contributed by atoms with E-state index in [2.05, 4.69) is 5.32 Å². The van der Waals surface area contributed by atoms with Gasteiger partial charge in [-0.15, -0.1) is 0 Å². The highest BCUT2D eigenvalue weighted by molar-refractivity contribution is 5.85. The van der Waals surface area contributed by atoms with Gasteiger partial charge in [-0.1, -0.05) is 6.92 Å². The molecule has 2 atom stereocenters. The highest BCUT2D eigenvalue weighted by Crippen LogP contribution is 2.03. The maximum atomic E-state index is 11.3. The Morgan fingerprint density at radius 3 is 2.62 bits per heavy atom. The summed E-state index contributed by atoms with van der Waals surface area (Å²) in [5, 5.41) is 19.9. The Hall–Kier alpha value is -0.650. The average molecular weight is 190 g/mol. The Labute approximate surface area is 77.9 Å². The number of aliphatic hydroxyl groups excluding tert-OH is 2. The quantitative estimate of drug-likeness (QED) is 0.428. The molecule has 0 bridgehead atoms. The van der Waals surface area contributed by atoms with Gasteiger partial charge in [-0.2, -0.15) is 0 Å². The fourth-order valence-electron chi connectivity index (χ4n) is 0.638. The van der Waals surface area contributed by atoms with Crippen molar-refractivity contribution in [3.63, 3.8) is 0 Å². The van der Waals surface area contributed by atoms with Gasteiger partial charge in [-0.3, -0.25) is 4.79 Å². The van der Waals surface area contributed by atoms with E-state index in [1.807, 2.05) is 6.92 Å². The van der Waals surface area contributed by atoms with Crippen molar-refractivity contribution < 1.29 is 15.0 Å². The standard InChI is InChI=1S/C8H18N2O3/c1-3-8(2,9)7(13)10-4-6(12)5-11/h6,11-12H,3-5,9H2,1-2H3,(H,10,13). The van der Waals surface area contributed by atoms with Crippen molar-refractivity contribution in [1.29, 1.82) is 0 Å². The van der Waals surface area contributed by atoms with Gasteiger partial charge < -0.3 is 21.3 Å². The second-order valence-corrected chi connectivity index (χ2v) is 3.32. The van der Waals surface area contributed by atoms with E-state index in [4.69, 9.17) is 15.9 Å². The maximum absolute atomic E-state index is 11.3. The van der Waals surface area contributed by atoms with E-state index < -0.39 is 11.6 Å². The first-order chi connectivity index (χ1) is 5.94. The molecule has 5 heteroatoms. The van der Waals surface area contributed by atoms with E-state index in [0.29, 0.717) is 6.42 Å². The zero-order valence-electron chi connectivity index (χ0n) is 8.08. The molecule has 0 aliphatic carbocycles. The zero-order chi connectivity index (χ0) is 10.5. The van der Waals surface area contributed by atoms with Gasteiger partial charge in [0.15, 0.2) is 0 Å². The van der Waals surface area contributed by atoms with Crippen molar-refractivity contribution in [1.82, 2.24) is 5.32 Å². The molecule has 0 aromatic carbocycles. The van der Waals surface area contributed by atoms with Crippen LogP contribution in [0.15, 0.2) is 0 Å². The second-order valence-electron chi connectivity index (χ2n) is 3.32. The molecule has 5 nitrogen and oxygen atoms in total. The van der Waals surface area contributed by atoms with Gasteiger partial charge in [-0.25, -0.2) is 0 Å². The normalized spacial score (nSPS) is 17.6. The highest BCUT2D eigenvalue weighted by Gasteiger charge is 2.25. The molecule has 13 heavy (non-hydrogen) atoms. The molecule has 78 valence electrons. The number of aliphatic hydroxyl groups is 2. The van der Waals surface area contributed by atoms with Crippen LogP contribution in [0.1, 0.15) is 20.3 Å². The molecule has 0 heterocycles. The fourth-order valence-corrected chi connectivity index (χ4v) is 0.638. The molecule has 0 aliphatic rings. The lowest BCUT2D eigenvalue weighted by Gasteiger charge is -2.22. The van der Waals surface area contributed by atoms with Gasteiger partial charge in [-0.05, 0) is 13.3 Å². The van der Waals surface area contributed by atoms with E-state index in [1.54, 1.807) is 6.92 Å². The minimum atomic E-state index is -0.920. The molecule has 0 rings (SSSR count). The van der Waals surface area contributed by atoms with E-state index in [0.717, 1.165) is 0 Å². The Morgan fingerprint density at radius 1 is 1.69 bits per heavy atom. The van der Waals surface area contributed by atoms with Gasteiger partial charge in [0.1, 0.15) is 0 Å². The summed E-state index contributed by atoms with van der Waals surface area (Å²) < 4.78 is 0. The van der Waals surface area contributed by atoms with Crippen LogP contribution in [0.4, 0.5) is 0 Å². The van der Waals surface area contributed by atoms with Crippen LogP contribution in [-0.4, -0.2) is 40.9 Å². The molecule has 0 saturated heterocycles. The first-order valence-corrected chi connectivity index (χ1v) is 4.30. The number of amides is 1. The van der Waals surface area contributed by atoms with Gasteiger partial charge >= 0.3 is 0 Å². The van der Waals surface area contributed by atoms with Crippen LogP contribution in [0.3, 0.4) is 0 Å². The third-order valence-electron chi connectivity index (χ3n) is 1.96. The average Bonchev–Trinajstić information content (AvgIpc) is 2.13. The van der Waals surface area contributed by atoms with Crippen LogP contribution in [0.2, 0.25) is 0 Å². The maximum Gasteiger partial charge on any atom is 0.239 e. The summed E-state index contributed by atoms with van der Waals surface area (Å²) in [6, 6.07) is 0. The number of rotatable bonds is 5. The molecule has 0 fully saturated rings. The Balaban J connectivity index is 3.88. The summed E-state index contributed by atoms with van der Waals surface area (Å²) in [5.41, 5.74) is 4.72. The summed E-state index contributed by atoms with van der Waals surface area (Å²) in [5.74, 6) is -0.317. The van der Waals surface area contributed by atoms with Crippen LogP contribution >= 0.6 is 0 Å².